The van der Waals surface area contributed by atoms with Gasteiger partial charge in [-0.25, -0.2) is 4.98 Å². The maximum Gasteiger partial charge on any atom is 0.148 e. The van der Waals surface area contributed by atoms with Crippen LogP contribution in [0.15, 0.2) is 140 Å². The van der Waals surface area contributed by atoms with Crippen molar-refractivity contribution in [2.45, 2.75) is 144 Å². The van der Waals surface area contributed by atoms with E-state index >= 15 is 0 Å². The van der Waals surface area contributed by atoms with E-state index in [2.05, 4.69) is 243 Å². The summed E-state index contributed by atoms with van der Waals surface area (Å²) in [5.41, 5.74) is 20.3. The molecular weight excluding hydrogens is 1070 g/mol. The van der Waals surface area contributed by atoms with Crippen LogP contribution in [0.1, 0.15) is 156 Å². The molecule has 4 nitrogen and oxygen atoms in total. The number of hydrogen-bond acceptors (Lipinski definition) is 3. The Morgan fingerprint density at radius 3 is 1.56 bits per heavy atom. The Labute approximate surface area is 450 Å². The van der Waals surface area contributed by atoms with E-state index in [0.717, 1.165) is 66.6 Å². The quantitative estimate of drug-likeness (QED) is 0.154. The first kappa shape index (κ1) is 53.2. The fraction of sp³-hybridized carbons (Fsp3) is 0.324. The van der Waals surface area contributed by atoms with E-state index in [-0.39, 0.29) is 48.5 Å². The summed E-state index contributed by atoms with van der Waals surface area (Å²) in [5, 5.41) is 13.0. The fourth-order valence-corrected chi connectivity index (χ4v) is 10.4. The van der Waals surface area contributed by atoms with Crippen LogP contribution in [0.5, 0.6) is 5.75 Å². The van der Waals surface area contributed by atoms with Crippen molar-refractivity contribution >= 4 is 21.9 Å². The van der Waals surface area contributed by atoms with Crippen LogP contribution in [0.2, 0.25) is 0 Å². The van der Waals surface area contributed by atoms with Gasteiger partial charge in [-0.3, -0.25) is 9.55 Å². The smallest absolute Gasteiger partial charge is 0.148 e. The number of pyridine rings is 1. The first-order chi connectivity index (χ1) is 33.8. The Hall–Kier alpha value is -6.09. The van der Waals surface area contributed by atoms with E-state index in [1.165, 1.54) is 38.9 Å². The number of phenols is 1. The van der Waals surface area contributed by atoms with Gasteiger partial charge in [0.15, 0.2) is 0 Å². The van der Waals surface area contributed by atoms with Gasteiger partial charge in [-0.2, -0.15) is 0 Å². The Kier molecular flexibility index (Phi) is 14.3. The number of fused-ring (bicyclic) bond motifs is 2. The summed E-state index contributed by atoms with van der Waals surface area (Å²) in [4.78, 5) is 10.8. The van der Waals surface area contributed by atoms with Gasteiger partial charge in [0.05, 0.1) is 16.6 Å². The van der Waals surface area contributed by atoms with Gasteiger partial charge in [-0.05, 0) is 137 Å². The van der Waals surface area contributed by atoms with Gasteiger partial charge < -0.3 is 5.11 Å². The van der Waals surface area contributed by atoms with Gasteiger partial charge in [-0.1, -0.05) is 195 Å². The molecule has 0 spiro atoms. The minimum atomic E-state index is -0.155. The first-order valence-corrected chi connectivity index (χ1v) is 26.0. The van der Waals surface area contributed by atoms with Crippen LogP contribution in [-0.2, 0) is 42.7 Å². The average molecular weight is 1140 g/mol. The van der Waals surface area contributed by atoms with Crippen LogP contribution < -0.4 is 0 Å². The molecule has 2 aromatic heterocycles. The molecule has 0 atom stereocenters. The molecule has 7 aromatic carbocycles. The molecule has 5 heteroatoms. The number of nitrogens with zero attached hydrogens (tertiary/aromatic N) is 3. The largest absolute Gasteiger partial charge is 0.507 e. The maximum atomic E-state index is 11.9. The van der Waals surface area contributed by atoms with Crippen LogP contribution in [0, 0.1) is 6.07 Å². The van der Waals surface area contributed by atoms with E-state index in [4.69, 9.17) is 9.97 Å². The van der Waals surface area contributed by atoms with Crippen LogP contribution in [0.25, 0.3) is 83.5 Å². The second-order valence-electron chi connectivity index (χ2n) is 24.9. The second-order valence-corrected chi connectivity index (χ2v) is 24.9. The molecule has 0 fully saturated rings. The van der Waals surface area contributed by atoms with Gasteiger partial charge in [0.2, 0.25) is 0 Å². The number of aromatic nitrogens is 3. The molecule has 0 bridgehead atoms. The minimum Gasteiger partial charge on any atom is -0.507 e. The topological polar surface area (TPSA) is 50.9 Å². The van der Waals surface area contributed by atoms with E-state index in [1.54, 1.807) is 0 Å². The van der Waals surface area contributed by atoms with Gasteiger partial charge in [-0.15, -0.1) is 35.4 Å². The van der Waals surface area contributed by atoms with Gasteiger partial charge in [0.25, 0.3) is 0 Å². The molecule has 9 rings (SSSR count). The molecule has 0 aliphatic heterocycles. The molecule has 2 heterocycles. The van der Waals surface area contributed by atoms with E-state index in [1.807, 2.05) is 18.3 Å². The standard InChI is InChI=1S/C68H74N3O.Pt/c1-41(2)52-21-18-22-53(42(3)4)61(52)47-37-54(62-56(38-47)58(33-34-69-62)68(14,15)16)44-19-17-20-45(35-44)55-36-46(43-23-25-48(26-24-43)65(5,6)7)39-59-63(55)70-64(57-40-50(67(11,12)13)29-32-60(57)72)71(59)51-30-27-49(28-31-51)66(8,9)10;/h17-34,36-42,72H,1-16H3;/q-1;. The van der Waals surface area contributed by atoms with Crippen molar-refractivity contribution in [2.75, 3.05) is 0 Å². The van der Waals surface area contributed by atoms with Crippen LogP contribution in [0.3, 0.4) is 0 Å². The molecule has 73 heavy (non-hydrogen) atoms. The van der Waals surface area contributed by atoms with E-state index in [9.17, 15) is 5.11 Å². The zero-order chi connectivity index (χ0) is 51.8. The Bertz CT molecular complexity index is 3460. The zero-order valence-electron chi connectivity index (χ0n) is 46.0. The summed E-state index contributed by atoms with van der Waals surface area (Å²) >= 11 is 0. The van der Waals surface area contributed by atoms with Crippen LogP contribution >= 0.6 is 0 Å². The molecule has 378 valence electrons. The number of rotatable bonds is 8. The van der Waals surface area contributed by atoms with Crippen molar-refractivity contribution in [2.24, 2.45) is 0 Å². The molecule has 0 saturated carbocycles. The molecule has 0 amide bonds. The van der Waals surface area contributed by atoms with Gasteiger partial charge >= 0.3 is 0 Å². The van der Waals surface area contributed by atoms with Crippen molar-refractivity contribution in [1.82, 2.24) is 14.5 Å². The monoisotopic (exact) mass is 1140 g/mol. The average Bonchev–Trinajstić information content (AvgIpc) is 3.71. The number of aromatic hydroxyl groups is 1. The fourth-order valence-electron chi connectivity index (χ4n) is 10.4. The predicted molar refractivity (Wildman–Crippen MR) is 307 cm³/mol. The Balaban J connectivity index is 0.00000711. The summed E-state index contributed by atoms with van der Waals surface area (Å²) in [6, 6.07) is 52.7. The number of hydrogen-bond donors (Lipinski definition) is 1. The predicted octanol–water partition coefficient (Wildman–Crippen LogP) is 18.8. The van der Waals surface area contributed by atoms with Crippen molar-refractivity contribution in [3.63, 3.8) is 0 Å². The third kappa shape index (κ3) is 10.4. The molecule has 0 aliphatic rings. The summed E-state index contributed by atoms with van der Waals surface area (Å²) in [6.45, 7) is 36.2. The van der Waals surface area contributed by atoms with Crippen molar-refractivity contribution in [3.05, 3.63) is 179 Å². The summed E-state index contributed by atoms with van der Waals surface area (Å²) in [7, 11) is 0. The van der Waals surface area contributed by atoms with Crippen LogP contribution in [0.4, 0.5) is 0 Å². The number of benzene rings is 7. The first-order valence-electron chi connectivity index (χ1n) is 26.0. The minimum absolute atomic E-state index is 0. The van der Waals surface area contributed by atoms with Crippen LogP contribution in [-0.4, -0.2) is 19.6 Å². The molecule has 0 radical (unpaired) electrons. The molecule has 0 unspecified atom stereocenters. The van der Waals surface area contributed by atoms with Crippen molar-refractivity contribution in [1.29, 1.82) is 0 Å². The third-order valence-corrected chi connectivity index (χ3v) is 14.6. The summed E-state index contributed by atoms with van der Waals surface area (Å²) in [6.07, 6.45) is 1.97. The Morgan fingerprint density at radius 2 is 1.01 bits per heavy atom. The van der Waals surface area contributed by atoms with E-state index in [0.29, 0.717) is 23.2 Å². The van der Waals surface area contributed by atoms with Crippen molar-refractivity contribution in [3.8, 4) is 67.3 Å². The Morgan fingerprint density at radius 1 is 0.493 bits per heavy atom. The number of imidazole rings is 1. The normalized spacial score (nSPS) is 12.6. The molecular formula is C68H74N3OPt-. The molecule has 1 N–H and O–H groups in total. The SMILES string of the molecule is CC(C)c1cccc(C(C)C)c1-c1cc(-c2[c-]c(-c3cc(-c4ccc(C(C)(C)C)cc4)cc4c3nc(-c3cc(C(C)(C)C)ccc3O)n4-c3ccc(C(C)(C)C)cc3)ccc2)c2nccc(C(C)(C)C)c2c1.[Pt]. The molecule has 0 aliphatic carbocycles. The van der Waals surface area contributed by atoms with E-state index < -0.39 is 0 Å². The van der Waals surface area contributed by atoms with Crippen molar-refractivity contribution < 1.29 is 26.2 Å². The maximum absolute atomic E-state index is 11.9. The summed E-state index contributed by atoms with van der Waals surface area (Å²) < 4.78 is 2.25. The zero-order valence-corrected chi connectivity index (χ0v) is 48.3. The summed E-state index contributed by atoms with van der Waals surface area (Å²) in [5.74, 6) is 1.54. The third-order valence-electron chi connectivity index (χ3n) is 14.6. The van der Waals surface area contributed by atoms with Gasteiger partial charge in [0.1, 0.15) is 11.6 Å². The molecule has 9 aromatic rings. The molecule has 0 saturated heterocycles. The number of phenolic OH excluding ortho intramolecular Hbond substituents is 1. The second kappa shape index (κ2) is 19.6. The van der Waals surface area contributed by atoms with Gasteiger partial charge in [0, 0.05) is 38.5 Å².